The van der Waals surface area contributed by atoms with Gasteiger partial charge in [-0.2, -0.15) is 0 Å². The third kappa shape index (κ3) is 17.7. The molecule has 2 aliphatic heterocycles. The molecule has 2 aliphatic rings. The van der Waals surface area contributed by atoms with Gasteiger partial charge in [-0.15, -0.1) is 0 Å². The summed E-state index contributed by atoms with van der Waals surface area (Å²) in [4.78, 5) is 89.2. The average Bonchev–Trinajstić information content (AvgIpc) is 4.28. The first kappa shape index (κ1) is 65.6. The third-order valence-corrected chi connectivity index (χ3v) is 19.1. The van der Waals surface area contributed by atoms with E-state index in [0.29, 0.717) is 62.4 Å². The first-order chi connectivity index (χ1) is 38.6. The van der Waals surface area contributed by atoms with E-state index < -0.39 is 79.9 Å². The number of hydrogen-bond acceptors (Lipinski definition) is 12. The predicted molar refractivity (Wildman–Crippen MR) is 325 cm³/mol. The van der Waals surface area contributed by atoms with Gasteiger partial charge in [0.15, 0.2) is 0 Å². The summed E-state index contributed by atoms with van der Waals surface area (Å²) >= 11 is 1.90. The lowest BCUT2D eigenvalue weighted by Gasteiger charge is -2.37. The minimum Gasteiger partial charge on any atom is -0.342 e. The molecule has 0 aromatic heterocycles. The number of fused-ring (bicyclic) bond motifs is 1. The van der Waals surface area contributed by atoms with Gasteiger partial charge in [-0.3, -0.25) is 28.8 Å². The van der Waals surface area contributed by atoms with Crippen LogP contribution in [0.15, 0.2) is 107 Å². The van der Waals surface area contributed by atoms with Crippen molar-refractivity contribution in [3.8, 4) is 0 Å². The maximum atomic E-state index is 14.3. The summed E-state index contributed by atoms with van der Waals surface area (Å²) in [5.74, 6) is -2.12. The molecule has 2 heterocycles. The lowest BCUT2D eigenvalue weighted by molar-refractivity contribution is -0.142. The van der Waals surface area contributed by atoms with Crippen molar-refractivity contribution in [3.63, 3.8) is 0 Å². The molecule has 82 heavy (non-hydrogen) atoms. The van der Waals surface area contributed by atoms with E-state index in [-0.39, 0.29) is 71.7 Å². The van der Waals surface area contributed by atoms with Crippen LogP contribution in [0.4, 0.5) is 0 Å². The van der Waals surface area contributed by atoms with Gasteiger partial charge in [-0.25, -0.2) is 29.8 Å². The van der Waals surface area contributed by atoms with E-state index >= 15 is 0 Å². The number of halogens is 1. The number of likely N-dealkylation sites (tertiary alicyclic amines) is 2. The number of nitrogens with zero attached hydrogens (tertiary/aromatic N) is 4. The van der Waals surface area contributed by atoms with Crippen LogP contribution in [-0.4, -0.2) is 168 Å². The number of carbonyl (C=O) groups excluding carboxylic acids is 6. The van der Waals surface area contributed by atoms with Crippen molar-refractivity contribution >= 4 is 89.1 Å². The van der Waals surface area contributed by atoms with Gasteiger partial charge in [-0.05, 0) is 116 Å². The Balaban J connectivity index is 1.13. The molecule has 0 spiro atoms. The van der Waals surface area contributed by atoms with Gasteiger partial charge < -0.3 is 35.6 Å². The van der Waals surface area contributed by atoms with Gasteiger partial charge in [-0.1, -0.05) is 114 Å². The molecule has 4 aromatic carbocycles. The molecule has 6 rings (SSSR count). The fourth-order valence-electron chi connectivity index (χ4n) is 10.2. The van der Waals surface area contributed by atoms with E-state index in [4.69, 9.17) is 0 Å². The molecule has 2 fully saturated rings. The summed E-state index contributed by atoms with van der Waals surface area (Å²) in [6.45, 7) is 15.2. The highest BCUT2D eigenvalue weighted by atomic mass is 127. The second-order valence-electron chi connectivity index (χ2n) is 23.6. The van der Waals surface area contributed by atoms with E-state index in [9.17, 15) is 45.6 Å². The molecule has 6 atom stereocenters. The normalized spacial score (nSPS) is 17.4. The number of rotatable bonds is 26. The molecule has 6 N–H and O–H groups in total. The topological polar surface area (TPSA) is 256 Å². The molecule has 4 aromatic rings. The molecular weight excluding hydrogens is 1200 g/mol. The highest BCUT2D eigenvalue weighted by Crippen LogP contribution is 2.29. The first-order valence-corrected chi connectivity index (χ1v) is 32.1. The van der Waals surface area contributed by atoms with Gasteiger partial charge in [0, 0.05) is 74.2 Å². The van der Waals surface area contributed by atoms with E-state index in [1.165, 1.54) is 36.4 Å². The number of amides is 6. The highest BCUT2D eigenvalue weighted by Gasteiger charge is 2.43. The van der Waals surface area contributed by atoms with Crippen LogP contribution in [0.3, 0.4) is 0 Å². The van der Waals surface area contributed by atoms with Gasteiger partial charge in [0.2, 0.25) is 55.5 Å². The van der Waals surface area contributed by atoms with Gasteiger partial charge >= 0.3 is 0 Å². The fourth-order valence-corrected chi connectivity index (χ4v) is 12.5. The Hall–Kier alpha value is -5.57. The standard InChI is InChI=1S/C59H83IN10O10S2/c1-40(61-9)54(73)64-52(58(3,4)5)56(75)69-30-16-22-46(69)38-67(32-28-42-18-12-10-13-19-42)50(71)36-62-81(77,78)48-26-24-45-35-49(27-25-44(45)34-48)82(79,80)63-37-51(72)68(33-29-43-20-14-11-15-21-43)39-47-23-17-31-70(47)57(76)53(59(6,7)8)65-55(74)41(2)66-60/h10-15,18-21,24-27,34-35,40-41,46-47,52-53,61-63,66H,16-17,22-23,28-33,36-39H2,1-9H3,(H,64,73)(H,65,74)/t40-,41-,46-,47-,52+,53+/m0/s1. The van der Waals surface area contributed by atoms with Crippen LogP contribution < -0.4 is 28.9 Å². The Morgan fingerprint density at radius 1 is 0.585 bits per heavy atom. The first-order valence-electron chi connectivity index (χ1n) is 28.0. The lowest BCUT2D eigenvalue weighted by Crippen LogP contribution is -2.59. The molecule has 23 heteroatoms. The van der Waals surface area contributed by atoms with Crippen molar-refractivity contribution in [1.29, 1.82) is 0 Å². The third-order valence-electron chi connectivity index (χ3n) is 15.3. The van der Waals surface area contributed by atoms with Crippen molar-refractivity contribution in [3.05, 3.63) is 108 Å². The second kappa shape index (κ2) is 28.8. The Morgan fingerprint density at radius 2 is 0.963 bits per heavy atom. The van der Waals surface area contributed by atoms with E-state index in [1.54, 1.807) is 40.5 Å². The number of benzene rings is 4. The largest absolute Gasteiger partial charge is 0.342 e. The molecular formula is C59H83IN10O10S2. The van der Waals surface area contributed by atoms with Crippen LogP contribution in [0.1, 0.15) is 92.2 Å². The van der Waals surface area contributed by atoms with Crippen LogP contribution >= 0.6 is 22.9 Å². The number of nitrogens with one attached hydrogen (secondary N) is 6. The smallest absolute Gasteiger partial charge is 0.246 e. The molecule has 0 aliphatic carbocycles. The molecule has 0 unspecified atom stereocenters. The van der Waals surface area contributed by atoms with Crippen LogP contribution in [-0.2, 0) is 61.7 Å². The lowest BCUT2D eigenvalue weighted by atomic mass is 9.85. The zero-order valence-electron chi connectivity index (χ0n) is 48.7. The van der Waals surface area contributed by atoms with Crippen molar-refractivity contribution < 1.29 is 45.6 Å². The highest BCUT2D eigenvalue weighted by molar-refractivity contribution is 14.1. The van der Waals surface area contributed by atoms with Crippen LogP contribution in [0.2, 0.25) is 0 Å². The quantitative estimate of drug-likeness (QED) is 0.0375. The number of sulfonamides is 2. The Kier molecular flexibility index (Phi) is 23.0. The minimum atomic E-state index is -4.29. The van der Waals surface area contributed by atoms with Crippen LogP contribution in [0.5, 0.6) is 0 Å². The molecule has 0 bridgehead atoms. The number of hydrogen-bond donors (Lipinski definition) is 6. The molecule has 2 saturated heterocycles. The molecule has 6 amide bonds. The average molecular weight is 1280 g/mol. The number of carbonyl (C=O) groups is 6. The van der Waals surface area contributed by atoms with Crippen molar-refractivity contribution in [1.82, 2.24) is 48.5 Å². The van der Waals surface area contributed by atoms with Gasteiger partial charge in [0.1, 0.15) is 12.1 Å². The summed E-state index contributed by atoms with van der Waals surface area (Å²) in [6, 6.07) is 24.0. The van der Waals surface area contributed by atoms with Crippen molar-refractivity contribution in [2.45, 2.75) is 140 Å². The van der Waals surface area contributed by atoms with Crippen LogP contribution in [0.25, 0.3) is 10.8 Å². The Labute approximate surface area is 498 Å². The fraction of sp³-hybridized carbons (Fsp3) is 0.525. The van der Waals surface area contributed by atoms with Gasteiger partial charge in [0.25, 0.3) is 0 Å². The monoisotopic (exact) mass is 1280 g/mol. The molecule has 20 nitrogen and oxygen atoms in total. The maximum absolute atomic E-state index is 14.3. The summed E-state index contributed by atoms with van der Waals surface area (Å²) in [5.41, 5.74) is 0.690. The summed E-state index contributed by atoms with van der Waals surface area (Å²) < 4.78 is 63.4. The number of likely N-dealkylation sites (N-methyl/N-ethyl adjacent to an activating group) is 1. The zero-order valence-corrected chi connectivity index (χ0v) is 52.5. The molecule has 0 saturated carbocycles. The van der Waals surface area contributed by atoms with Crippen molar-refractivity contribution in [2.75, 3.05) is 59.4 Å². The SMILES string of the molecule is CN[C@@H](C)C(=O)N[C@H](C(=O)N1CCC[C@H]1CN(CCc1ccccc1)C(=O)CNS(=O)(=O)c1ccc2cc(S(=O)(=O)NCC(=O)N(CCc3ccccc3)C[C@@H]3CCCN3C(=O)[C@@H](NC(=O)[C@H](C)NI)C(C)(C)C)ccc2c1)C(C)(C)C. The molecule has 0 radical (unpaired) electrons. The van der Waals surface area contributed by atoms with Crippen molar-refractivity contribution in [2.24, 2.45) is 10.8 Å². The summed E-state index contributed by atoms with van der Waals surface area (Å²) in [7, 11) is -6.92. The van der Waals surface area contributed by atoms with E-state index in [0.717, 1.165) is 11.1 Å². The molecule has 448 valence electrons. The maximum Gasteiger partial charge on any atom is 0.246 e. The van der Waals surface area contributed by atoms with E-state index in [2.05, 4.69) is 28.9 Å². The Morgan fingerprint density at radius 3 is 1.32 bits per heavy atom. The summed E-state index contributed by atoms with van der Waals surface area (Å²) in [6.07, 6.45) is 3.54. The summed E-state index contributed by atoms with van der Waals surface area (Å²) in [5, 5.41) is 9.58. The van der Waals surface area contributed by atoms with Gasteiger partial charge in [0.05, 0.1) is 35.0 Å². The second-order valence-corrected chi connectivity index (χ2v) is 27.7. The predicted octanol–water partition coefficient (Wildman–Crippen LogP) is 4.52. The van der Waals surface area contributed by atoms with Crippen LogP contribution in [0, 0.1) is 10.8 Å². The van der Waals surface area contributed by atoms with E-state index in [1.807, 2.05) is 125 Å². The zero-order chi connectivity index (χ0) is 60.2. The minimum absolute atomic E-state index is 0.145. The Bertz CT molecular complexity index is 2900.